The molecule has 0 spiro atoms. The second-order valence-corrected chi connectivity index (χ2v) is 5.15. The van der Waals surface area contributed by atoms with E-state index in [9.17, 15) is 14.7 Å². The molecule has 110 valence electrons. The van der Waals surface area contributed by atoms with E-state index in [1.165, 1.54) is 11.2 Å². The standard InChI is InChI=1S/C14H15N3O4/c1-7-3-9(8(2)21-7)13(18)17-5-11-10(15-6-16-11)4-12(17)14(19)20/h3,6,12H,4-5H2,1-2H3,(H,15,16)(H,19,20)/t12-/m1/s1. The van der Waals surface area contributed by atoms with Crippen molar-refractivity contribution in [1.29, 1.82) is 0 Å². The van der Waals surface area contributed by atoms with Gasteiger partial charge in [-0.1, -0.05) is 0 Å². The zero-order valence-electron chi connectivity index (χ0n) is 11.7. The van der Waals surface area contributed by atoms with Crippen LogP contribution >= 0.6 is 0 Å². The molecule has 2 aromatic rings. The first-order chi connectivity index (χ1) is 9.97. The zero-order chi connectivity index (χ0) is 15.1. The molecule has 3 rings (SSSR count). The molecule has 2 aromatic heterocycles. The Morgan fingerprint density at radius 2 is 2.24 bits per heavy atom. The van der Waals surface area contributed by atoms with E-state index in [1.54, 1.807) is 19.9 Å². The number of hydrogen-bond acceptors (Lipinski definition) is 4. The third-order valence-electron chi connectivity index (χ3n) is 3.72. The normalized spacial score (nSPS) is 17.6. The Labute approximate surface area is 120 Å². The molecule has 21 heavy (non-hydrogen) atoms. The molecule has 0 unspecified atom stereocenters. The lowest BCUT2D eigenvalue weighted by atomic mass is 10.0. The highest BCUT2D eigenvalue weighted by Crippen LogP contribution is 2.25. The fourth-order valence-electron chi connectivity index (χ4n) is 2.67. The SMILES string of the molecule is Cc1cc(C(=O)N2Cc3[nH]cnc3C[C@@H]2C(=O)O)c(C)o1. The number of carboxylic acid groups (broad SMARTS) is 1. The second kappa shape index (κ2) is 4.76. The highest BCUT2D eigenvalue weighted by Gasteiger charge is 2.37. The first kappa shape index (κ1) is 13.4. The number of carbonyl (C=O) groups is 2. The van der Waals surface area contributed by atoms with Gasteiger partial charge in [-0.2, -0.15) is 0 Å². The van der Waals surface area contributed by atoms with Gasteiger partial charge in [0, 0.05) is 6.42 Å². The number of nitrogens with zero attached hydrogens (tertiary/aromatic N) is 2. The lowest BCUT2D eigenvalue weighted by molar-refractivity contribution is -0.142. The highest BCUT2D eigenvalue weighted by atomic mass is 16.4. The molecule has 0 fully saturated rings. The largest absolute Gasteiger partial charge is 0.480 e. The van der Waals surface area contributed by atoms with E-state index in [0.29, 0.717) is 22.8 Å². The molecular formula is C14H15N3O4. The van der Waals surface area contributed by atoms with Crippen LogP contribution in [0, 0.1) is 13.8 Å². The van der Waals surface area contributed by atoms with Gasteiger partial charge in [0.2, 0.25) is 0 Å². The smallest absolute Gasteiger partial charge is 0.326 e. The van der Waals surface area contributed by atoms with Crippen LogP contribution in [0.4, 0.5) is 0 Å². The maximum absolute atomic E-state index is 12.6. The number of rotatable bonds is 2. The number of amides is 1. The lowest BCUT2D eigenvalue weighted by Gasteiger charge is -2.32. The number of imidazole rings is 1. The van der Waals surface area contributed by atoms with Crippen LogP contribution in [0.3, 0.4) is 0 Å². The monoisotopic (exact) mass is 289 g/mol. The number of aliphatic carboxylic acids is 1. The van der Waals surface area contributed by atoms with Crippen LogP contribution in [0.1, 0.15) is 33.3 Å². The summed E-state index contributed by atoms with van der Waals surface area (Å²) in [5.74, 6) is -0.245. The minimum Gasteiger partial charge on any atom is -0.480 e. The summed E-state index contributed by atoms with van der Waals surface area (Å²) in [7, 11) is 0. The van der Waals surface area contributed by atoms with Gasteiger partial charge in [0.15, 0.2) is 0 Å². The number of H-pyrrole nitrogens is 1. The average molecular weight is 289 g/mol. The van der Waals surface area contributed by atoms with Crippen LogP contribution in [0.5, 0.6) is 0 Å². The minimum atomic E-state index is -1.03. The molecule has 0 aromatic carbocycles. The summed E-state index contributed by atoms with van der Waals surface area (Å²) >= 11 is 0. The predicted molar refractivity (Wildman–Crippen MR) is 71.8 cm³/mol. The first-order valence-electron chi connectivity index (χ1n) is 6.59. The molecule has 7 heteroatoms. The average Bonchev–Trinajstić information content (AvgIpc) is 3.01. The van der Waals surface area contributed by atoms with Crippen LogP contribution in [-0.4, -0.2) is 37.9 Å². The number of fused-ring (bicyclic) bond motifs is 1. The molecule has 2 N–H and O–H groups in total. The number of carbonyl (C=O) groups excluding carboxylic acids is 1. The van der Waals surface area contributed by atoms with E-state index in [2.05, 4.69) is 9.97 Å². The Morgan fingerprint density at radius 1 is 1.48 bits per heavy atom. The number of furan rings is 1. The summed E-state index contributed by atoms with van der Waals surface area (Å²) in [6, 6.07) is 0.724. The van der Waals surface area contributed by atoms with E-state index < -0.39 is 12.0 Å². The zero-order valence-corrected chi connectivity index (χ0v) is 11.7. The van der Waals surface area contributed by atoms with Crippen LogP contribution in [-0.2, 0) is 17.8 Å². The Balaban J connectivity index is 1.97. The Hall–Kier alpha value is -2.57. The van der Waals surface area contributed by atoms with Crippen molar-refractivity contribution in [2.24, 2.45) is 0 Å². The van der Waals surface area contributed by atoms with Crippen LogP contribution in [0.25, 0.3) is 0 Å². The van der Waals surface area contributed by atoms with Gasteiger partial charge >= 0.3 is 5.97 Å². The van der Waals surface area contributed by atoms with Crippen molar-refractivity contribution in [1.82, 2.24) is 14.9 Å². The van der Waals surface area contributed by atoms with Gasteiger partial charge in [-0.05, 0) is 19.9 Å². The molecule has 7 nitrogen and oxygen atoms in total. The van der Waals surface area contributed by atoms with Gasteiger partial charge in [-0.25, -0.2) is 9.78 Å². The third-order valence-corrected chi connectivity index (χ3v) is 3.72. The number of nitrogens with one attached hydrogen (secondary N) is 1. The number of aromatic amines is 1. The Bertz CT molecular complexity index is 716. The highest BCUT2D eigenvalue weighted by molar-refractivity contribution is 5.97. The topological polar surface area (TPSA) is 99.4 Å². The Kier molecular flexibility index (Phi) is 3.04. The number of hydrogen-bond donors (Lipinski definition) is 2. The van der Waals surface area contributed by atoms with Crippen molar-refractivity contribution >= 4 is 11.9 Å². The van der Waals surface area contributed by atoms with Crippen molar-refractivity contribution < 1.29 is 19.1 Å². The Morgan fingerprint density at radius 3 is 2.86 bits per heavy atom. The fraction of sp³-hybridized carbons (Fsp3) is 0.357. The van der Waals surface area contributed by atoms with Crippen molar-refractivity contribution in [3.05, 3.63) is 40.9 Å². The molecule has 0 radical (unpaired) electrons. The van der Waals surface area contributed by atoms with Gasteiger partial charge in [-0.3, -0.25) is 4.79 Å². The van der Waals surface area contributed by atoms with E-state index in [-0.39, 0.29) is 18.9 Å². The quantitative estimate of drug-likeness (QED) is 0.867. The van der Waals surface area contributed by atoms with Gasteiger partial charge < -0.3 is 19.4 Å². The van der Waals surface area contributed by atoms with Gasteiger partial charge in [-0.15, -0.1) is 0 Å². The number of aryl methyl sites for hydroxylation is 2. The number of carboxylic acids is 1. The molecule has 0 saturated carbocycles. The summed E-state index contributed by atoms with van der Waals surface area (Å²) in [4.78, 5) is 32.5. The van der Waals surface area contributed by atoms with E-state index in [0.717, 1.165) is 5.69 Å². The molecule has 1 atom stereocenters. The first-order valence-corrected chi connectivity index (χ1v) is 6.59. The lowest BCUT2D eigenvalue weighted by Crippen LogP contribution is -2.48. The molecule has 1 aliphatic rings. The maximum Gasteiger partial charge on any atom is 0.326 e. The summed E-state index contributed by atoms with van der Waals surface area (Å²) in [6.45, 7) is 3.65. The second-order valence-electron chi connectivity index (χ2n) is 5.15. The van der Waals surface area contributed by atoms with Crippen LogP contribution < -0.4 is 0 Å². The van der Waals surface area contributed by atoms with E-state index in [1.807, 2.05) is 0 Å². The summed E-state index contributed by atoms with van der Waals surface area (Å²) in [5.41, 5.74) is 1.88. The molecule has 1 amide bonds. The third kappa shape index (κ3) is 2.20. The number of aromatic nitrogens is 2. The van der Waals surface area contributed by atoms with Crippen molar-refractivity contribution in [2.75, 3.05) is 0 Å². The van der Waals surface area contributed by atoms with Crippen LogP contribution in [0.2, 0.25) is 0 Å². The van der Waals surface area contributed by atoms with Gasteiger partial charge in [0.25, 0.3) is 5.91 Å². The van der Waals surface area contributed by atoms with Crippen molar-refractivity contribution in [2.45, 2.75) is 32.9 Å². The van der Waals surface area contributed by atoms with E-state index >= 15 is 0 Å². The maximum atomic E-state index is 12.6. The molecule has 3 heterocycles. The summed E-state index contributed by atoms with van der Waals surface area (Å²) in [6.07, 6.45) is 1.72. The summed E-state index contributed by atoms with van der Waals surface area (Å²) < 4.78 is 5.36. The fourth-order valence-corrected chi connectivity index (χ4v) is 2.67. The van der Waals surface area contributed by atoms with Gasteiger partial charge in [0.1, 0.15) is 17.6 Å². The summed E-state index contributed by atoms with van der Waals surface area (Å²) in [5, 5.41) is 9.39. The van der Waals surface area contributed by atoms with Gasteiger partial charge in [0.05, 0.1) is 29.8 Å². The van der Waals surface area contributed by atoms with Crippen molar-refractivity contribution in [3.63, 3.8) is 0 Å². The molecule has 0 saturated heterocycles. The minimum absolute atomic E-state index is 0.203. The predicted octanol–water partition coefficient (Wildman–Crippen LogP) is 1.27. The van der Waals surface area contributed by atoms with E-state index in [4.69, 9.17) is 4.42 Å². The molecule has 0 bridgehead atoms. The van der Waals surface area contributed by atoms with Crippen molar-refractivity contribution in [3.8, 4) is 0 Å². The molecule has 1 aliphatic heterocycles. The molecule has 0 aliphatic carbocycles. The molecular weight excluding hydrogens is 274 g/mol. The van der Waals surface area contributed by atoms with Crippen LogP contribution in [0.15, 0.2) is 16.8 Å².